The highest BCUT2D eigenvalue weighted by Gasteiger charge is 2.15. The van der Waals surface area contributed by atoms with E-state index in [-0.39, 0.29) is 0 Å². The zero-order chi connectivity index (χ0) is 20.6. The van der Waals surface area contributed by atoms with Crippen LogP contribution in [0.4, 0.5) is 4.79 Å². The maximum Gasteiger partial charge on any atom is 0.407 e. The van der Waals surface area contributed by atoms with E-state index in [1.54, 1.807) is 12.1 Å². The molecular weight excluding hydrogens is 401 g/mol. The standard InChI is InChI=1S/C21H25Cl2NO4/c1-21(2,3)28-20(25)24-10-7-11-26-19-17(22)12-16(13-18(19)23)27-14-15-8-5-4-6-9-15/h4-6,8-9,12-13H,7,10-11,14H2,1-3H3,(H,24,25). The molecule has 0 aliphatic heterocycles. The molecule has 0 saturated carbocycles. The summed E-state index contributed by atoms with van der Waals surface area (Å²) in [6, 6.07) is 13.2. The molecule has 2 aromatic carbocycles. The molecule has 2 aromatic rings. The van der Waals surface area contributed by atoms with Gasteiger partial charge in [-0.3, -0.25) is 0 Å². The fraction of sp³-hybridized carbons (Fsp3) is 0.381. The Hall–Kier alpha value is -2.11. The van der Waals surface area contributed by atoms with E-state index in [2.05, 4.69) is 5.32 Å². The number of halogens is 2. The Morgan fingerprint density at radius 3 is 2.29 bits per heavy atom. The smallest absolute Gasteiger partial charge is 0.407 e. The Labute approximate surface area is 175 Å². The van der Waals surface area contributed by atoms with E-state index in [9.17, 15) is 4.79 Å². The molecule has 1 N–H and O–H groups in total. The average Bonchev–Trinajstić information content (AvgIpc) is 2.61. The molecule has 2 rings (SSSR count). The lowest BCUT2D eigenvalue weighted by Crippen LogP contribution is -2.33. The highest BCUT2D eigenvalue weighted by Crippen LogP contribution is 2.37. The third-order valence-corrected chi connectivity index (χ3v) is 4.02. The van der Waals surface area contributed by atoms with Crippen LogP contribution in [0.15, 0.2) is 42.5 Å². The van der Waals surface area contributed by atoms with Crippen LogP contribution in [0.1, 0.15) is 32.8 Å². The van der Waals surface area contributed by atoms with Crippen LogP contribution in [0.2, 0.25) is 10.0 Å². The van der Waals surface area contributed by atoms with Crippen molar-refractivity contribution in [1.82, 2.24) is 5.32 Å². The van der Waals surface area contributed by atoms with Gasteiger partial charge in [-0.25, -0.2) is 4.79 Å². The van der Waals surface area contributed by atoms with Gasteiger partial charge in [0.1, 0.15) is 18.0 Å². The lowest BCUT2D eigenvalue weighted by Gasteiger charge is -2.19. The summed E-state index contributed by atoms with van der Waals surface area (Å²) in [5, 5.41) is 3.41. The molecule has 28 heavy (non-hydrogen) atoms. The molecule has 0 radical (unpaired) electrons. The SMILES string of the molecule is CC(C)(C)OC(=O)NCCCOc1c(Cl)cc(OCc2ccccc2)cc1Cl. The lowest BCUT2D eigenvalue weighted by molar-refractivity contribution is 0.0525. The zero-order valence-electron chi connectivity index (χ0n) is 16.3. The minimum atomic E-state index is -0.522. The van der Waals surface area contributed by atoms with E-state index in [1.807, 2.05) is 51.1 Å². The maximum absolute atomic E-state index is 11.6. The number of benzene rings is 2. The second-order valence-electron chi connectivity index (χ2n) is 7.12. The van der Waals surface area contributed by atoms with Crippen molar-refractivity contribution in [3.8, 4) is 11.5 Å². The summed E-state index contributed by atoms with van der Waals surface area (Å²) in [7, 11) is 0. The maximum atomic E-state index is 11.6. The van der Waals surface area contributed by atoms with Crippen LogP contribution in [0.25, 0.3) is 0 Å². The highest BCUT2D eigenvalue weighted by atomic mass is 35.5. The number of nitrogens with one attached hydrogen (secondary N) is 1. The molecule has 7 heteroatoms. The molecule has 5 nitrogen and oxygen atoms in total. The number of rotatable bonds is 8. The van der Waals surface area contributed by atoms with Crippen molar-refractivity contribution in [3.05, 3.63) is 58.1 Å². The molecule has 0 atom stereocenters. The summed E-state index contributed by atoms with van der Waals surface area (Å²) in [4.78, 5) is 11.6. The fourth-order valence-electron chi connectivity index (χ4n) is 2.25. The van der Waals surface area contributed by atoms with E-state index >= 15 is 0 Å². The van der Waals surface area contributed by atoms with Crippen molar-refractivity contribution in [2.45, 2.75) is 39.4 Å². The van der Waals surface area contributed by atoms with E-state index in [4.69, 9.17) is 37.4 Å². The Morgan fingerprint density at radius 2 is 1.68 bits per heavy atom. The summed E-state index contributed by atoms with van der Waals surface area (Å²) in [6.07, 6.45) is 0.126. The van der Waals surface area contributed by atoms with E-state index in [1.165, 1.54) is 0 Å². The molecule has 0 bridgehead atoms. The number of hydrogen-bond donors (Lipinski definition) is 1. The molecule has 1 amide bonds. The molecule has 0 aliphatic carbocycles. The van der Waals surface area contributed by atoms with E-state index in [0.29, 0.717) is 47.7 Å². The van der Waals surface area contributed by atoms with Crippen LogP contribution >= 0.6 is 23.2 Å². The quantitative estimate of drug-likeness (QED) is 0.537. The molecule has 0 spiro atoms. The molecule has 0 saturated heterocycles. The molecule has 152 valence electrons. The van der Waals surface area contributed by atoms with Gasteiger partial charge in [-0.2, -0.15) is 0 Å². The van der Waals surface area contributed by atoms with Crippen LogP contribution in [0, 0.1) is 0 Å². The van der Waals surface area contributed by atoms with Crippen molar-refractivity contribution < 1.29 is 19.0 Å². The first-order valence-electron chi connectivity index (χ1n) is 9.00. The molecular formula is C21H25Cl2NO4. The number of ether oxygens (including phenoxy) is 3. The Balaban J connectivity index is 1.78. The number of carbonyl (C=O) groups excluding carboxylic acids is 1. The van der Waals surface area contributed by atoms with Crippen molar-refractivity contribution >= 4 is 29.3 Å². The molecule has 0 unspecified atom stereocenters. The van der Waals surface area contributed by atoms with E-state index < -0.39 is 11.7 Å². The van der Waals surface area contributed by atoms with Gasteiger partial charge in [0.25, 0.3) is 0 Å². The first-order chi connectivity index (χ1) is 13.2. The van der Waals surface area contributed by atoms with Crippen LogP contribution in [0.3, 0.4) is 0 Å². The second kappa shape index (κ2) is 10.4. The normalized spacial score (nSPS) is 11.0. The number of carbonyl (C=O) groups is 1. The van der Waals surface area contributed by atoms with E-state index in [0.717, 1.165) is 5.56 Å². The van der Waals surface area contributed by atoms with Crippen LogP contribution in [-0.2, 0) is 11.3 Å². The molecule has 0 aliphatic rings. The Morgan fingerprint density at radius 1 is 1.04 bits per heavy atom. The van der Waals surface area contributed by atoms with Gasteiger partial charge in [0.05, 0.1) is 16.7 Å². The van der Waals surface area contributed by atoms with Gasteiger partial charge in [-0.15, -0.1) is 0 Å². The minimum absolute atomic E-state index is 0.347. The zero-order valence-corrected chi connectivity index (χ0v) is 17.8. The van der Waals surface area contributed by atoms with Crippen molar-refractivity contribution in [2.75, 3.05) is 13.2 Å². The monoisotopic (exact) mass is 425 g/mol. The second-order valence-corrected chi connectivity index (χ2v) is 7.94. The molecule has 0 heterocycles. The predicted molar refractivity (Wildman–Crippen MR) is 112 cm³/mol. The lowest BCUT2D eigenvalue weighted by atomic mass is 10.2. The summed E-state index contributed by atoms with van der Waals surface area (Å²) >= 11 is 12.5. The number of alkyl carbamates (subject to hydrolysis) is 1. The average molecular weight is 426 g/mol. The van der Waals surface area contributed by atoms with Gasteiger partial charge in [0.2, 0.25) is 0 Å². The first-order valence-corrected chi connectivity index (χ1v) is 9.75. The third-order valence-electron chi connectivity index (χ3n) is 3.46. The fourth-order valence-corrected chi connectivity index (χ4v) is 2.83. The Bertz CT molecular complexity index is 753. The summed E-state index contributed by atoms with van der Waals surface area (Å²) in [5.74, 6) is 0.963. The van der Waals surface area contributed by atoms with Crippen LogP contribution < -0.4 is 14.8 Å². The molecule has 0 aromatic heterocycles. The molecule has 0 fully saturated rings. The highest BCUT2D eigenvalue weighted by molar-refractivity contribution is 6.37. The van der Waals surface area contributed by atoms with Gasteiger partial charge in [0, 0.05) is 18.7 Å². The van der Waals surface area contributed by atoms with Gasteiger partial charge < -0.3 is 19.5 Å². The van der Waals surface area contributed by atoms with Crippen LogP contribution in [-0.4, -0.2) is 24.8 Å². The van der Waals surface area contributed by atoms with Gasteiger partial charge >= 0.3 is 6.09 Å². The van der Waals surface area contributed by atoms with Gasteiger partial charge in [-0.1, -0.05) is 53.5 Å². The number of hydrogen-bond acceptors (Lipinski definition) is 4. The van der Waals surface area contributed by atoms with Crippen LogP contribution in [0.5, 0.6) is 11.5 Å². The largest absolute Gasteiger partial charge is 0.490 e. The van der Waals surface area contributed by atoms with Gasteiger partial charge in [-0.05, 0) is 32.8 Å². The minimum Gasteiger partial charge on any atom is -0.490 e. The van der Waals surface area contributed by atoms with Crippen molar-refractivity contribution in [1.29, 1.82) is 0 Å². The van der Waals surface area contributed by atoms with Gasteiger partial charge in [0.15, 0.2) is 5.75 Å². The predicted octanol–water partition coefficient (Wildman–Crippen LogP) is 5.87. The third kappa shape index (κ3) is 7.87. The Kier molecular flexibility index (Phi) is 8.27. The summed E-state index contributed by atoms with van der Waals surface area (Å²) in [6.45, 7) is 6.62. The first kappa shape index (κ1) is 22.2. The topological polar surface area (TPSA) is 56.8 Å². The van der Waals surface area contributed by atoms with Crippen molar-refractivity contribution in [2.24, 2.45) is 0 Å². The number of amides is 1. The van der Waals surface area contributed by atoms with Crippen molar-refractivity contribution in [3.63, 3.8) is 0 Å². The summed E-state index contributed by atoms with van der Waals surface area (Å²) < 4.78 is 16.6. The summed E-state index contributed by atoms with van der Waals surface area (Å²) in [5.41, 5.74) is 0.527.